The first kappa shape index (κ1) is 13.6. The quantitative estimate of drug-likeness (QED) is 0.568. The molecule has 0 aliphatic carbocycles. The van der Waals surface area contributed by atoms with Gasteiger partial charge >= 0.3 is 0 Å². The minimum absolute atomic E-state index is 0.0315. The van der Waals surface area contributed by atoms with E-state index >= 15 is 0 Å². The summed E-state index contributed by atoms with van der Waals surface area (Å²) in [5.74, 6) is -0.272. The van der Waals surface area contributed by atoms with E-state index in [2.05, 4.69) is 5.32 Å². The van der Waals surface area contributed by atoms with Crippen molar-refractivity contribution in [3.05, 3.63) is 35.4 Å². The molecular weight excluding hydrogens is 222 g/mol. The van der Waals surface area contributed by atoms with E-state index in [4.69, 9.17) is 5.11 Å². The van der Waals surface area contributed by atoms with Crippen LogP contribution in [0.4, 0.5) is 0 Å². The van der Waals surface area contributed by atoms with Crippen molar-refractivity contribution in [3.63, 3.8) is 0 Å². The average molecular weight is 239 g/mol. The van der Waals surface area contributed by atoms with Crippen molar-refractivity contribution in [2.75, 3.05) is 6.54 Å². The van der Waals surface area contributed by atoms with Crippen molar-refractivity contribution in [1.82, 2.24) is 5.32 Å². The lowest BCUT2D eigenvalue weighted by Crippen LogP contribution is -2.34. The van der Waals surface area contributed by atoms with Crippen LogP contribution in [0.2, 0.25) is 0 Å². The van der Waals surface area contributed by atoms with Crippen LogP contribution in [0, 0.1) is 0 Å². The Morgan fingerprint density at radius 1 is 1.35 bits per heavy atom. The van der Waals surface area contributed by atoms with E-state index in [0.29, 0.717) is 11.1 Å². The zero-order chi connectivity index (χ0) is 12.8. The Labute approximate surface area is 99.7 Å². The van der Waals surface area contributed by atoms with Crippen molar-refractivity contribution in [1.29, 1.82) is 0 Å². The van der Waals surface area contributed by atoms with E-state index in [1.807, 2.05) is 0 Å². The van der Waals surface area contributed by atoms with E-state index in [0.717, 1.165) is 0 Å². The van der Waals surface area contributed by atoms with Gasteiger partial charge in [0.25, 0.3) is 0 Å². The molecule has 0 saturated heterocycles. The third kappa shape index (κ3) is 3.81. The van der Waals surface area contributed by atoms with Gasteiger partial charge in [-0.15, -0.1) is 0 Å². The van der Waals surface area contributed by atoms with Gasteiger partial charge in [0.1, 0.15) is 12.2 Å². The van der Waals surface area contributed by atoms with E-state index in [-0.39, 0.29) is 19.1 Å². The third-order valence-corrected chi connectivity index (χ3v) is 2.47. The number of carbonyl (C=O) groups excluding carboxylic acids is 1. The summed E-state index contributed by atoms with van der Waals surface area (Å²) in [5, 5.41) is 31.1. The molecule has 0 bridgehead atoms. The van der Waals surface area contributed by atoms with Crippen molar-refractivity contribution >= 4 is 5.91 Å². The van der Waals surface area contributed by atoms with E-state index in [9.17, 15) is 15.0 Å². The van der Waals surface area contributed by atoms with Gasteiger partial charge in [-0.25, -0.2) is 0 Å². The minimum atomic E-state index is -1.13. The SMILES string of the molecule is CC(=O)NCC(O)C(O)c1ccccc1CO. The first-order valence-corrected chi connectivity index (χ1v) is 5.35. The monoisotopic (exact) mass is 239 g/mol. The predicted octanol–water partition coefficient (Wildman–Crippen LogP) is -0.291. The van der Waals surface area contributed by atoms with Crippen LogP contribution in [0.25, 0.3) is 0 Å². The van der Waals surface area contributed by atoms with Crippen LogP contribution in [0.3, 0.4) is 0 Å². The number of nitrogens with one attached hydrogen (secondary N) is 1. The molecule has 5 heteroatoms. The van der Waals surface area contributed by atoms with Gasteiger partial charge in [-0.3, -0.25) is 4.79 Å². The van der Waals surface area contributed by atoms with Gasteiger partial charge in [-0.05, 0) is 11.1 Å². The highest BCUT2D eigenvalue weighted by molar-refractivity contribution is 5.72. The van der Waals surface area contributed by atoms with Gasteiger partial charge in [-0.1, -0.05) is 24.3 Å². The molecule has 17 heavy (non-hydrogen) atoms. The van der Waals surface area contributed by atoms with E-state index in [1.54, 1.807) is 24.3 Å². The molecule has 0 aromatic heterocycles. The molecule has 2 atom stereocenters. The van der Waals surface area contributed by atoms with Gasteiger partial charge < -0.3 is 20.6 Å². The minimum Gasteiger partial charge on any atom is -0.392 e. The molecule has 0 radical (unpaired) electrons. The Morgan fingerprint density at radius 2 is 2.00 bits per heavy atom. The smallest absolute Gasteiger partial charge is 0.216 e. The zero-order valence-electron chi connectivity index (χ0n) is 9.63. The van der Waals surface area contributed by atoms with Crippen LogP contribution < -0.4 is 5.32 Å². The summed E-state index contributed by atoms with van der Waals surface area (Å²) in [6, 6.07) is 6.75. The van der Waals surface area contributed by atoms with Crippen LogP contribution in [0.15, 0.2) is 24.3 Å². The number of carbonyl (C=O) groups is 1. The summed E-state index contributed by atoms with van der Waals surface area (Å²) in [4.78, 5) is 10.7. The number of aliphatic hydroxyl groups excluding tert-OH is 3. The fourth-order valence-electron chi connectivity index (χ4n) is 1.53. The van der Waals surface area contributed by atoms with Crippen LogP contribution in [-0.4, -0.2) is 33.9 Å². The molecule has 1 aromatic carbocycles. The molecule has 0 aliphatic rings. The number of benzene rings is 1. The maximum Gasteiger partial charge on any atom is 0.216 e. The normalized spacial score (nSPS) is 14.1. The molecule has 0 fully saturated rings. The Kier molecular flexibility index (Phi) is 5.09. The van der Waals surface area contributed by atoms with E-state index in [1.165, 1.54) is 6.92 Å². The Morgan fingerprint density at radius 3 is 2.59 bits per heavy atom. The summed E-state index contributed by atoms with van der Waals surface area (Å²) >= 11 is 0. The first-order valence-electron chi connectivity index (χ1n) is 5.35. The van der Waals surface area contributed by atoms with Crippen molar-refractivity contribution in [3.8, 4) is 0 Å². The lowest BCUT2D eigenvalue weighted by Gasteiger charge is -2.20. The van der Waals surface area contributed by atoms with Crippen molar-refractivity contribution in [2.24, 2.45) is 0 Å². The molecule has 94 valence electrons. The van der Waals surface area contributed by atoms with Gasteiger partial charge in [0.2, 0.25) is 5.91 Å². The van der Waals surface area contributed by atoms with Crippen LogP contribution in [0.1, 0.15) is 24.2 Å². The second-order valence-corrected chi connectivity index (χ2v) is 3.81. The fourth-order valence-corrected chi connectivity index (χ4v) is 1.53. The first-order chi connectivity index (χ1) is 8.06. The topological polar surface area (TPSA) is 89.8 Å². The highest BCUT2D eigenvalue weighted by Crippen LogP contribution is 2.20. The molecule has 1 rings (SSSR count). The van der Waals surface area contributed by atoms with Gasteiger partial charge in [0.05, 0.1) is 6.61 Å². The second-order valence-electron chi connectivity index (χ2n) is 3.81. The standard InChI is InChI=1S/C12H17NO4/c1-8(15)13-6-11(16)12(17)10-5-3-2-4-9(10)7-14/h2-5,11-12,14,16-17H,6-7H2,1H3,(H,13,15). The van der Waals surface area contributed by atoms with Crippen LogP contribution in [-0.2, 0) is 11.4 Å². The molecule has 0 heterocycles. The molecule has 2 unspecified atom stereocenters. The number of amides is 1. The van der Waals surface area contributed by atoms with Crippen LogP contribution >= 0.6 is 0 Å². The average Bonchev–Trinajstić information content (AvgIpc) is 2.34. The molecule has 0 saturated carbocycles. The highest BCUT2D eigenvalue weighted by Gasteiger charge is 2.20. The number of aliphatic hydroxyl groups is 3. The second kappa shape index (κ2) is 6.34. The molecule has 1 aromatic rings. The van der Waals surface area contributed by atoms with Crippen LogP contribution in [0.5, 0.6) is 0 Å². The number of hydrogen-bond donors (Lipinski definition) is 4. The van der Waals surface area contributed by atoms with Gasteiger partial charge in [0.15, 0.2) is 0 Å². The molecule has 0 spiro atoms. The Balaban J connectivity index is 2.73. The van der Waals surface area contributed by atoms with Gasteiger partial charge in [0, 0.05) is 13.5 Å². The summed E-state index contributed by atoms with van der Waals surface area (Å²) in [7, 11) is 0. The van der Waals surface area contributed by atoms with Gasteiger partial charge in [-0.2, -0.15) is 0 Å². The van der Waals surface area contributed by atoms with Crippen molar-refractivity contribution in [2.45, 2.75) is 25.7 Å². The maximum atomic E-state index is 10.7. The summed E-state index contributed by atoms with van der Waals surface area (Å²) in [6.45, 7) is 1.09. The third-order valence-electron chi connectivity index (χ3n) is 2.47. The molecule has 1 amide bonds. The summed E-state index contributed by atoms with van der Waals surface area (Å²) < 4.78 is 0. The molecular formula is C12H17NO4. The molecule has 5 nitrogen and oxygen atoms in total. The van der Waals surface area contributed by atoms with Crippen molar-refractivity contribution < 1.29 is 20.1 Å². The molecule has 4 N–H and O–H groups in total. The Bertz CT molecular complexity index is 381. The summed E-state index contributed by atoms with van der Waals surface area (Å²) in [5.41, 5.74) is 1.02. The molecule has 0 aliphatic heterocycles. The lowest BCUT2D eigenvalue weighted by atomic mass is 9.99. The lowest BCUT2D eigenvalue weighted by molar-refractivity contribution is -0.119. The largest absolute Gasteiger partial charge is 0.392 e. The van der Waals surface area contributed by atoms with E-state index < -0.39 is 12.2 Å². The fraction of sp³-hybridized carbons (Fsp3) is 0.417. The maximum absolute atomic E-state index is 10.7. The number of hydrogen-bond acceptors (Lipinski definition) is 4. The summed E-state index contributed by atoms with van der Waals surface area (Å²) in [6.07, 6.45) is -2.24. The predicted molar refractivity (Wildman–Crippen MR) is 62.0 cm³/mol. The number of rotatable bonds is 5. The zero-order valence-corrected chi connectivity index (χ0v) is 9.63. The Hall–Kier alpha value is -1.43. The highest BCUT2D eigenvalue weighted by atomic mass is 16.3.